The molecule has 0 radical (unpaired) electrons. The number of rotatable bonds is 6. The van der Waals surface area contributed by atoms with Crippen LogP contribution in [0.3, 0.4) is 0 Å². The van der Waals surface area contributed by atoms with Crippen LogP contribution in [-0.4, -0.2) is 40.1 Å². The average Bonchev–Trinajstić information content (AvgIpc) is 2.80. The van der Waals surface area contributed by atoms with E-state index in [9.17, 15) is 14.9 Å². The lowest BCUT2D eigenvalue weighted by atomic mass is 9.89. The summed E-state index contributed by atoms with van der Waals surface area (Å²) in [5.74, 6) is -0.288. The van der Waals surface area contributed by atoms with Crippen molar-refractivity contribution >= 4 is 11.7 Å². The number of imidazole rings is 1. The lowest BCUT2D eigenvalue weighted by molar-refractivity contribution is -0.389. The Labute approximate surface area is 109 Å². The third-order valence-corrected chi connectivity index (χ3v) is 3.02. The fourth-order valence-electron chi connectivity index (χ4n) is 1.75. The standard InChI is InChI=1S/C11H16N4O4/c1-11(6-19-7-11)5-12-10(16)2-3-14-4-9(13-8-14)15(17)18/h4,8H,2-3,5-7H2,1H3,(H,12,16). The summed E-state index contributed by atoms with van der Waals surface area (Å²) in [4.78, 5) is 25.1. The second-order valence-electron chi connectivity index (χ2n) is 5.06. The van der Waals surface area contributed by atoms with Gasteiger partial charge in [0.05, 0.1) is 13.2 Å². The van der Waals surface area contributed by atoms with Crippen molar-refractivity contribution in [3.05, 3.63) is 22.6 Å². The van der Waals surface area contributed by atoms with Crippen LogP contribution in [0.15, 0.2) is 12.5 Å². The van der Waals surface area contributed by atoms with Gasteiger partial charge in [-0.2, -0.15) is 0 Å². The molecule has 2 rings (SSSR count). The number of aryl methyl sites for hydroxylation is 1. The van der Waals surface area contributed by atoms with E-state index in [4.69, 9.17) is 4.74 Å². The first-order valence-electron chi connectivity index (χ1n) is 5.99. The van der Waals surface area contributed by atoms with Gasteiger partial charge in [0.2, 0.25) is 12.2 Å². The topological polar surface area (TPSA) is 99.3 Å². The third-order valence-electron chi connectivity index (χ3n) is 3.02. The van der Waals surface area contributed by atoms with Gasteiger partial charge >= 0.3 is 5.82 Å². The highest BCUT2D eigenvalue weighted by atomic mass is 16.6. The van der Waals surface area contributed by atoms with Gasteiger partial charge in [0.25, 0.3) is 0 Å². The van der Waals surface area contributed by atoms with Crippen molar-refractivity contribution in [2.24, 2.45) is 5.41 Å². The smallest absolute Gasteiger partial charge is 0.380 e. The van der Waals surface area contributed by atoms with Gasteiger partial charge in [-0.1, -0.05) is 6.92 Å². The van der Waals surface area contributed by atoms with E-state index in [1.165, 1.54) is 17.1 Å². The number of nitro groups is 1. The van der Waals surface area contributed by atoms with Crippen LogP contribution in [0.25, 0.3) is 0 Å². The van der Waals surface area contributed by atoms with Crippen molar-refractivity contribution < 1.29 is 14.5 Å². The van der Waals surface area contributed by atoms with Crippen LogP contribution < -0.4 is 5.32 Å². The van der Waals surface area contributed by atoms with E-state index in [2.05, 4.69) is 17.2 Å². The molecular weight excluding hydrogens is 252 g/mol. The molecule has 1 amide bonds. The molecule has 0 spiro atoms. The van der Waals surface area contributed by atoms with Gasteiger partial charge in [-0.25, -0.2) is 0 Å². The minimum Gasteiger partial charge on any atom is -0.380 e. The molecule has 0 saturated carbocycles. The Balaban J connectivity index is 1.72. The number of nitrogens with one attached hydrogen (secondary N) is 1. The Kier molecular flexibility index (Phi) is 3.79. The van der Waals surface area contributed by atoms with Gasteiger partial charge in [-0.05, 0) is 9.91 Å². The van der Waals surface area contributed by atoms with E-state index >= 15 is 0 Å². The fourth-order valence-corrected chi connectivity index (χ4v) is 1.75. The molecule has 1 fully saturated rings. The molecule has 8 nitrogen and oxygen atoms in total. The Bertz CT molecular complexity index is 481. The number of nitrogens with zero attached hydrogens (tertiary/aromatic N) is 3. The second-order valence-corrected chi connectivity index (χ2v) is 5.06. The number of hydrogen-bond acceptors (Lipinski definition) is 5. The van der Waals surface area contributed by atoms with Crippen LogP contribution in [0, 0.1) is 15.5 Å². The van der Waals surface area contributed by atoms with Crippen LogP contribution in [0.4, 0.5) is 5.82 Å². The molecule has 0 bridgehead atoms. The summed E-state index contributed by atoms with van der Waals surface area (Å²) < 4.78 is 6.63. The number of amides is 1. The molecule has 0 aliphatic carbocycles. The molecule has 19 heavy (non-hydrogen) atoms. The average molecular weight is 268 g/mol. The first-order chi connectivity index (χ1) is 8.98. The van der Waals surface area contributed by atoms with Crippen LogP contribution in [0.5, 0.6) is 0 Å². The fraction of sp³-hybridized carbons (Fsp3) is 0.636. The van der Waals surface area contributed by atoms with Crippen LogP contribution in [0.2, 0.25) is 0 Å². The highest BCUT2D eigenvalue weighted by Gasteiger charge is 2.33. The SMILES string of the molecule is CC1(CNC(=O)CCn2cnc([N+](=O)[O-])c2)COC1. The lowest BCUT2D eigenvalue weighted by Crippen LogP contribution is -2.48. The van der Waals surface area contributed by atoms with Crippen molar-refractivity contribution in [2.45, 2.75) is 19.9 Å². The highest BCUT2D eigenvalue weighted by Crippen LogP contribution is 2.24. The molecule has 0 atom stereocenters. The zero-order chi connectivity index (χ0) is 13.9. The highest BCUT2D eigenvalue weighted by molar-refractivity contribution is 5.75. The van der Waals surface area contributed by atoms with E-state index in [1.54, 1.807) is 0 Å². The predicted octanol–water partition coefficient (Wildman–Crippen LogP) is 0.334. The molecule has 1 aliphatic heterocycles. The van der Waals surface area contributed by atoms with Crippen molar-refractivity contribution in [3.8, 4) is 0 Å². The normalized spacial score (nSPS) is 16.7. The van der Waals surface area contributed by atoms with E-state index in [0.29, 0.717) is 26.3 Å². The van der Waals surface area contributed by atoms with Crippen LogP contribution in [-0.2, 0) is 16.1 Å². The number of carbonyl (C=O) groups is 1. The van der Waals surface area contributed by atoms with Crippen molar-refractivity contribution in [3.63, 3.8) is 0 Å². The number of ether oxygens (including phenoxy) is 1. The van der Waals surface area contributed by atoms with E-state index in [0.717, 1.165) is 0 Å². The van der Waals surface area contributed by atoms with Crippen molar-refractivity contribution in [1.82, 2.24) is 14.9 Å². The molecule has 0 aromatic carbocycles. The summed E-state index contributed by atoms with van der Waals surface area (Å²) in [6.07, 6.45) is 2.94. The molecule has 2 heterocycles. The molecule has 1 aromatic rings. The van der Waals surface area contributed by atoms with Crippen molar-refractivity contribution in [2.75, 3.05) is 19.8 Å². The second kappa shape index (κ2) is 5.35. The van der Waals surface area contributed by atoms with Crippen LogP contribution in [0.1, 0.15) is 13.3 Å². The van der Waals surface area contributed by atoms with Gasteiger partial charge in [-0.15, -0.1) is 0 Å². The predicted molar refractivity (Wildman–Crippen MR) is 65.4 cm³/mol. The van der Waals surface area contributed by atoms with Gasteiger partial charge in [0.15, 0.2) is 0 Å². The Morgan fingerprint density at radius 3 is 2.95 bits per heavy atom. The molecule has 8 heteroatoms. The largest absolute Gasteiger partial charge is 0.381 e. The summed E-state index contributed by atoms with van der Waals surface area (Å²) >= 11 is 0. The zero-order valence-corrected chi connectivity index (χ0v) is 10.7. The molecule has 0 unspecified atom stereocenters. The minimum absolute atomic E-state index is 0.0451. The zero-order valence-electron chi connectivity index (χ0n) is 10.7. The summed E-state index contributed by atoms with van der Waals surface area (Å²) in [5.41, 5.74) is 0.0451. The molecule has 1 aromatic heterocycles. The monoisotopic (exact) mass is 268 g/mol. The molecule has 1 N–H and O–H groups in total. The van der Waals surface area contributed by atoms with E-state index in [-0.39, 0.29) is 23.6 Å². The van der Waals surface area contributed by atoms with Crippen LogP contribution >= 0.6 is 0 Å². The molecule has 1 saturated heterocycles. The molecule has 104 valence electrons. The summed E-state index contributed by atoms with van der Waals surface area (Å²) in [7, 11) is 0. The Hall–Kier alpha value is -1.96. The number of hydrogen-bond donors (Lipinski definition) is 1. The molecule has 1 aliphatic rings. The lowest BCUT2D eigenvalue weighted by Gasteiger charge is -2.38. The van der Waals surface area contributed by atoms with Crippen molar-refractivity contribution in [1.29, 1.82) is 0 Å². The number of aromatic nitrogens is 2. The van der Waals surface area contributed by atoms with E-state index in [1.807, 2.05) is 0 Å². The Morgan fingerprint density at radius 1 is 1.68 bits per heavy atom. The minimum atomic E-state index is -0.562. The van der Waals surface area contributed by atoms with Gasteiger partial charge < -0.3 is 24.7 Å². The third kappa shape index (κ3) is 3.50. The first-order valence-corrected chi connectivity index (χ1v) is 5.99. The van der Waals surface area contributed by atoms with Gasteiger partial charge in [0.1, 0.15) is 6.20 Å². The van der Waals surface area contributed by atoms with E-state index < -0.39 is 4.92 Å². The van der Waals surface area contributed by atoms with Gasteiger partial charge in [0, 0.05) is 24.9 Å². The quantitative estimate of drug-likeness (QED) is 0.592. The Morgan fingerprint density at radius 2 is 2.42 bits per heavy atom. The first kappa shape index (κ1) is 13.5. The maximum atomic E-state index is 11.6. The maximum Gasteiger partial charge on any atom is 0.381 e. The maximum absolute atomic E-state index is 11.6. The summed E-state index contributed by atoms with van der Waals surface area (Å²) in [6.45, 7) is 4.35. The van der Waals surface area contributed by atoms with Gasteiger partial charge in [-0.3, -0.25) is 4.79 Å². The summed E-state index contributed by atoms with van der Waals surface area (Å²) in [5, 5.41) is 13.3. The summed E-state index contributed by atoms with van der Waals surface area (Å²) in [6, 6.07) is 0. The number of carbonyl (C=O) groups excluding carboxylic acids is 1. The molecular formula is C11H16N4O4.